The van der Waals surface area contributed by atoms with E-state index in [2.05, 4.69) is 11.4 Å². The Morgan fingerprint density at radius 2 is 1.79 bits per heavy atom. The highest BCUT2D eigenvalue weighted by molar-refractivity contribution is 7.91. The third kappa shape index (κ3) is 3.99. The second-order valence-electron chi connectivity index (χ2n) is 7.07. The molecule has 0 saturated heterocycles. The molecular weight excluding hydrogens is 378 g/mol. The normalized spacial score (nSPS) is 15.6. The summed E-state index contributed by atoms with van der Waals surface area (Å²) in [5, 5.41) is 2.90. The molecule has 0 bridgehead atoms. The molecule has 28 heavy (non-hydrogen) atoms. The van der Waals surface area contributed by atoms with Gasteiger partial charge in [0.1, 0.15) is 13.2 Å². The largest absolute Gasteiger partial charge is 0.486 e. The molecule has 0 unspecified atom stereocenters. The summed E-state index contributed by atoms with van der Waals surface area (Å²) in [5.74, 6) is 0.414. The molecule has 0 spiro atoms. The molecule has 1 N–H and O–H groups in total. The Labute approximate surface area is 164 Å². The summed E-state index contributed by atoms with van der Waals surface area (Å²) >= 11 is 0. The first-order chi connectivity index (χ1) is 13.5. The maximum absolute atomic E-state index is 12.6. The van der Waals surface area contributed by atoms with Gasteiger partial charge in [-0.15, -0.1) is 0 Å². The minimum absolute atomic E-state index is 0.0968. The Balaban J connectivity index is 1.42. The topological polar surface area (TPSA) is 81.7 Å². The monoisotopic (exact) mass is 401 g/mol. The SMILES string of the molecule is O=C(CCS(=O)(=O)c1ccc2c(c1)OCCO2)Nc1cccc2c1CCCC2. The van der Waals surface area contributed by atoms with Crippen molar-refractivity contribution >= 4 is 21.4 Å². The van der Waals surface area contributed by atoms with Gasteiger partial charge in [0, 0.05) is 18.2 Å². The summed E-state index contributed by atoms with van der Waals surface area (Å²) in [5.41, 5.74) is 3.25. The molecule has 4 rings (SSSR count). The quantitative estimate of drug-likeness (QED) is 0.832. The fraction of sp³-hybridized carbons (Fsp3) is 0.381. The summed E-state index contributed by atoms with van der Waals surface area (Å²) in [7, 11) is -3.59. The van der Waals surface area contributed by atoms with Crippen molar-refractivity contribution in [3.63, 3.8) is 0 Å². The van der Waals surface area contributed by atoms with Crippen molar-refractivity contribution < 1.29 is 22.7 Å². The molecule has 2 aliphatic rings. The minimum Gasteiger partial charge on any atom is -0.486 e. The second-order valence-corrected chi connectivity index (χ2v) is 9.18. The predicted molar refractivity (Wildman–Crippen MR) is 106 cm³/mol. The molecule has 2 aromatic carbocycles. The maximum Gasteiger partial charge on any atom is 0.225 e. The molecule has 7 heteroatoms. The molecule has 1 heterocycles. The van der Waals surface area contributed by atoms with Gasteiger partial charge in [-0.25, -0.2) is 8.42 Å². The summed E-state index contributed by atoms with van der Waals surface area (Å²) in [4.78, 5) is 12.5. The lowest BCUT2D eigenvalue weighted by atomic mass is 9.90. The lowest BCUT2D eigenvalue weighted by molar-refractivity contribution is -0.115. The summed E-state index contributed by atoms with van der Waals surface area (Å²) in [6, 6.07) is 10.5. The van der Waals surface area contributed by atoms with E-state index < -0.39 is 9.84 Å². The van der Waals surface area contributed by atoms with E-state index in [4.69, 9.17) is 9.47 Å². The minimum atomic E-state index is -3.59. The van der Waals surface area contributed by atoms with Crippen LogP contribution in [-0.2, 0) is 27.5 Å². The molecule has 0 radical (unpaired) electrons. The van der Waals surface area contributed by atoms with Crippen LogP contribution in [0.25, 0.3) is 0 Å². The van der Waals surface area contributed by atoms with E-state index in [0.29, 0.717) is 24.7 Å². The van der Waals surface area contributed by atoms with Gasteiger partial charge in [-0.3, -0.25) is 4.79 Å². The van der Waals surface area contributed by atoms with Gasteiger partial charge < -0.3 is 14.8 Å². The molecule has 0 fully saturated rings. The summed E-state index contributed by atoms with van der Waals surface area (Å²) < 4.78 is 36.1. The average Bonchev–Trinajstić information content (AvgIpc) is 2.72. The number of rotatable bonds is 5. The van der Waals surface area contributed by atoms with Crippen LogP contribution in [0.2, 0.25) is 0 Å². The van der Waals surface area contributed by atoms with E-state index >= 15 is 0 Å². The molecule has 2 aromatic rings. The molecular formula is C21H23NO5S. The molecule has 0 saturated carbocycles. The lowest BCUT2D eigenvalue weighted by Gasteiger charge is -2.20. The first kappa shape index (κ1) is 18.8. The number of sulfone groups is 1. The number of nitrogens with one attached hydrogen (secondary N) is 1. The zero-order chi connectivity index (χ0) is 19.6. The molecule has 0 atom stereocenters. The number of carbonyl (C=O) groups excluding carboxylic acids is 1. The molecule has 1 amide bonds. The van der Waals surface area contributed by atoms with Crippen LogP contribution in [0.15, 0.2) is 41.3 Å². The average molecular weight is 401 g/mol. The van der Waals surface area contributed by atoms with Crippen LogP contribution >= 0.6 is 0 Å². The second kappa shape index (κ2) is 7.83. The Morgan fingerprint density at radius 3 is 2.64 bits per heavy atom. The van der Waals surface area contributed by atoms with Gasteiger partial charge >= 0.3 is 0 Å². The van der Waals surface area contributed by atoms with E-state index in [-0.39, 0.29) is 23.0 Å². The van der Waals surface area contributed by atoms with Crippen molar-refractivity contribution in [1.29, 1.82) is 0 Å². The first-order valence-electron chi connectivity index (χ1n) is 9.56. The molecule has 0 aromatic heterocycles. The Kier molecular flexibility index (Phi) is 5.26. The Morgan fingerprint density at radius 1 is 1.00 bits per heavy atom. The van der Waals surface area contributed by atoms with E-state index in [9.17, 15) is 13.2 Å². The fourth-order valence-corrected chi connectivity index (χ4v) is 4.92. The van der Waals surface area contributed by atoms with Crippen molar-refractivity contribution in [3.05, 3.63) is 47.5 Å². The first-order valence-corrected chi connectivity index (χ1v) is 11.2. The van der Waals surface area contributed by atoms with Gasteiger partial charge in [-0.2, -0.15) is 0 Å². The van der Waals surface area contributed by atoms with Crippen molar-refractivity contribution in [1.82, 2.24) is 0 Å². The van der Waals surface area contributed by atoms with E-state index in [0.717, 1.165) is 31.4 Å². The van der Waals surface area contributed by atoms with Gasteiger partial charge in [0.05, 0.1) is 10.6 Å². The number of hydrogen-bond donors (Lipinski definition) is 1. The van der Waals surface area contributed by atoms with Crippen LogP contribution in [0.3, 0.4) is 0 Å². The van der Waals surface area contributed by atoms with Crippen LogP contribution in [-0.4, -0.2) is 33.3 Å². The highest BCUT2D eigenvalue weighted by atomic mass is 32.2. The fourth-order valence-electron chi connectivity index (χ4n) is 3.67. The summed E-state index contributed by atoms with van der Waals surface area (Å²) in [6.45, 7) is 0.836. The number of ether oxygens (including phenoxy) is 2. The van der Waals surface area contributed by atoms with Crippen LogP contribution in [0.5, 0.6) is 11.5 Å². The van der Waals surface area contributed by atoms with Gasteiger partial charge in [-0.05, 0) is 55.0 Å². The third-order valence-corrected chi connectivity index (χ3v) is 6.85. The van der Waals surface area contributed by atoms with Crippen molar-refractivity contribution in [2.45, 2.75) is 37.0 Å². The highest BCUT2D eigenvalue weighted by Gasteiger charge is 2.21. The van der Waals surface area contributed by atoms with Crippen LogP contribution in [0, 0.1) is 0 Å². The molecule has 1 aliphatic heterocycles. The molecule has 1 aliphatic carbocycles. The highest BCUT2D eigenvalue weighted by Crippen LogP contribution is 2.33. The van der Waals surface area contributed by atoms with Crippen molar-refractivity contribution in [2.75, 3.05) is 24.3 Å². The smallest absolute Gasteiger partial charge is 0.225 e. The Hall–Kier alpha value is -2.54. The van der Waals surface area contributed by atoms with Gasteiger partial charge in [0.2, 0.25) is 5.91 Å². The number of fused-ring (bicyclic) bond motifs is 2. The lowest BCUT2D eigenvalue weighted by Crippen LogP contribution is -2.19. The zero-order valence-electron chi connectivity index (χ0n) is 15.6. The van der Waals surface area contributed by atoms with E-state index in [1.54, 1.807) is 6.07 Å². The van der Waals surface area contributed by atoms with Gasteiger partial charge in [-0.1, -0.05) is 12.1 Å². The van der Waals surface area contributed by atoms with Crippen LogP contribution in [0.1, 0.15) is 30.4 Å². The van der Waals surface area contributed by atoms with Crippen LogP contribution < -0.4 is 14.8 Å². The third-order valence-electron chi connectivity index (χ3n) is 5.14. The maximum atomic E-state index is 12.6. The standard InChI is InChI=1S/C21H23NO5S/c23-21(22-18-7-3-5-15-4-1-2-6-17(15)18)10-13-28(24,25)16-8-9-19-20(14-16)27-12-11-26-19/h3,5,7-9,14H,1-2,4,6,10-13H2,(H,22,23). The number of aryl methyl sites for hydroxylation is 1. The number of amides is 1. The molecule has 6 nitrogen and oxygen atoms in total. The van der Waals surface area contributed by atoms with E-state index in [1.165, 1.54) is 23.3 Å². The van der Waals surface area contributed by atoms with E-state index in [1.807, 2.05) is 12.1 Å². The van der Waals surface area contributed by atoms with Gasteiger partial charge in [0.25, 0.3) is 0 Å². The van der Waals surface area contributed by atoms with Crippen LogP contribution in [0.4, 0.5) is 5.69 Å². The van der Waals surface area contributed by atoms with Crippen molar-refractivity contribution in [3.8, 4) is 11.5 Å². The summed E-state index contributed by atoms with van der Waals surface area (Å²) in [6.07, 6.45) is 4.15. The Bertz CT molecular complexity index is 1000. The zero-order valence-corrected chi connectivity index (χ0v) is 16.4. The molecule has 148 valence electrons. The predicted octanol–water partition coefficient (Wildman–Crippen LogP) is 3.14. The van der Waals surface area contributed by atoms with Crippen molar-refractivity contribution in [2.24, 2.45) is 0 Å². The van der Waals surface area contributed by atoms with Gasteiger partial charge in [0.15, 0.2) is 21.3 Å². The number of anilines is 1. The number of benzene rings is 2. The number of carbonyl (C=O) groups is 1. The number of hydrogen-bond acceptors (Lipinski definition) is 5.